The number of likely N-dealkylation sites (tertiary alicyclic amines) is 1. The van der Waals surface area contributed by atoms with E-state index >= 15 is 0 Å². The van der Waals surface area contributed by atoms with Gasteiger partial charge in [-0.25, -0.2) is 0 Å². The van der Waals surface area contributed by atoms with Gasteiger partial charge < -0.3 is 5.32 Å². The van der Waals surface area contributed by atoms with E-state index in [0.29, 0.717) is 12.8 Å². The highest BCUT2D eigenvalue weighted by Gasteiger charge is 2.50. The fourth-order valence-electron chi connectivity index (χ4n) is 4.25. The van der Waals surface area contributed by atoms with Gasteiger partial charge in [-0.15, -0.1) is 0 Å². The number of nitrogens with zero attached hydrogens (tertiary/aromatic N) is 1. The van der Waals surface area contributed by atoms with Gasteiger partial charge in [0.05, 0.1) is 11.8 Å². The van der Waals surface area contributed by atoms with Crippen LogP contribution in [0.1, 0.15) is 70.4 Å². The minimum absolute atomic E-state index is 0.219. The van der Waals surface area contributed by atoms with Crippen LogP contribution in [-0.4, -0.2) is 28.7 Å². The lowest BCUT2D eigenvalue weighted by atomic mass is 9.85. The molecule has 0 unspecified atom stereocenters. The molecule has 3 atom stereocenters. The molecule has 0 aromatic heterocycles. The summed E-state index contributed by atoms with van der Waals surface area (Å²) in [4.78, 5) is 39.8. The van der Waals surface area contributed by atoms with Crippen LogP contribution in [0.15, 0.2) is 30.4 Å². The zero-order valence-corrected chi connectivity index (χ0v) is 17.4. The molecule has 0 radical (unpaired) electrons. The van der Waals surface area contributed by atoms with Crippen LogP contribution in [0.25, 0.3) is 0 Å². The first-order valence-corrected chi connectivity index (χ1v) is 10.2. The molecule has 1 N–H and O–H groups in total. The molecule has 5 nitrogen and oxygen atoms in total. The third-order valence-electron chi connectivity index (χ3n) is 5.93. The number of imide groups is 1. The lowest BCUT2D eigenvalue weighted by molar-refractivity contribution is -0.146. The number of allylic oxidation sites excluding steroid dienone is 2. The second-order valence-electron chi connectivity index (χ2n) is 8.49. The summed E-state index contributed by atoms with van der Waals surface area (Å²) in [6.07, 6.45) is 5.06. The number of carbonyl (C=O) groups is 3. The molecule has 1 aliphatic heterocycles. The molecule has 1 fully saturated rings. The van der Waals surface area contributed by atoms with E-state index in [0.717, 1.165) is 16.8 Å². The van der Waals surface area contributed by atoms with Crippen molar-refractivity contribution in [1.29, 1.82) is 0 Å². The Kier molecular flexibility index (Phi) is 5.73. The predicted molar refractivity (Wildman–Crippen MR) is 110 cm³/mol. The number of hydrogen-bond donors (Lipinski definition) is 1. The maximum Gasteiger partial charge on any atom is 0.247 e. The van der Waals surface area contributed by atoms with Gasteiger partial charge in [0.25, 0.3) is 0 Å². The van der Waals surface area contributed by atoms with Crippen molar-refractivity contribution in [3.05, 3.63) is 41.5 Å². The summed E-state index contributed by atoms with van der Waals surface area (Å²) in [5.41, 5.74) is 2.93. The van der Waals surface area contributed by atoms with E-state index in [1.807, 2.05) is 30.4 Å². The van der Waals surface area contributed by atoms with Gasteiger partial charge in [-0.2, -0.15) is 0 Å². The number of para-hydroxylation sites is 1. The molecule has 1 aromatic rings. The number of benzene rings is 1. The quantitative estimate of drug-likeness (QED) is 0.613. The minimum atomic E-state index is -0.828. The standard InChI is InChI=1S/C23H30N2O3/c1-13(2)16-11-8-12-17(14(3)4)20(16)24-21(26)15(5)25-22(27)18-9-6-7-10-19(18)23(25)28/h6-8,11-15,18-19H,9-10H2,1-5H3,(H,24,26)/t15-,18-,19-/m0/s1. The van der Waals surface area contributed by atoms with Crippen LogP contribution in [0.4, 0.5) is 5.69 Å². The van der Waals surface area contributed by atoms with E-state index in [1.165, 1.54) is 4.90 Å². The number of nitrogens with one attached hydrogen (secondary N) is 1. The molecule has 0 bridgehead atoms. The molecule has 2 aliphatic rings. The summed E-state index contributed by atoms with van der Waals surface area (Å²) in [5, 5.41) is 3.04. The Labute approximate surface area is 167 Å². The van der Waals surface area contributed by atoms with E-state index in [1.54, 1.807) is 6.92 Å². The molecule has 150 valence electrons. The Hall–Kier alpha value is -2.43. The van der Waals surface area contributed by atoms with Crippen molar-refractivity contribution in [2.45, 2.75) is 65.3 Å². The van der Waals surface area contributed by atoms with E-state index in [2.05, 4.69) is 33.0 Å². The third-order valence-corrected chi connectivity index (χ3v) is 5.93. The van der Waals surface area contributed by atoms with Gasteiger partial charge in [0.1, 0.15) is 6.04 Å². The topological polar surface area (TPSA) is 66.5 Å². The number of fused-ring (bicyclic) bond motifs is 1. The molecule has 3 amide bonds. The molecule has 0 spiro atoms. The second-order valence-corrected chi connectivity index (χ2v) is 8.49. The Balaban J connectivity index is 1.86. The molecule has 1 aromatic carbocycles. The third kappa shape index (κ3) is 3.50. The number of rotatable bonds is 5. The number of carbonyl (C=O) groups excluding carboxylic acids is 3. The van der Waals surface area contributed by atoms with Gasteiger partial charge in [-0.1, -0.05) is 58.0 Å². The van der Waals surface area contributed by atoms with Crippen molar-refractivity contribution in [1.82, 2.24) is 4.90 Å². The minimum Gasteiger partial charge on any atom is -0.324 e. The molecule has 1 aliphatic carbocycles. The van der Waals surface area contributed by atoms with E-state index in [9.17, 15) is 14.4 Å². The summed E-state index contributed by atoms with van der Waals surface area (Å²) in [6.45, 7) is 9.99. The van der Waals surface area contributed by atoms with Gasteiger partial charge in [0.2, 0.25) is 17.7 Å². The molecule has 5 heteroatoms. The molecule has 1 heterocycles. The first-order valence-electron chi connectivity index (χ1n) is 10.2. The summed E-state index contributed by atoms with van der Waals surface area (Å²) >= 11 is 0. The lowest BCUT2D eigenvalue weighted by Gasteiger charge is -2.25. The average Bonchev–Trinajstić information content (AvgIpc) is 2.92. The highest BCUT2D eigenvalue weighted by atomic mass is 16.2. The predicted octanol–water partition coefficient (Wildman–Crippen LogP) is 4.21. The van der Waals surface area contributed by atoms with Crippen molar-refractivity contribution in [3.63, 3.8) is 0 Å². The highest BCUT2D eigenvalue weighted by molar-refractivity contribution is 6.10. The smallest absolute Gasteiger partial charge is 0.247 e. The van der Waals surface area contributed by atoms with E-state index in [-0.39, 0.29) is 41.4 Å². The Bertz CT molecular complexity index is 773. The van der Waals surface area contributed by atoms with Crippen LogP contribution in [0, 0.1) is 11.8 Å². The highest BCUT2D eigenvalue weighted by Crippen LogP contribution is 2.37. The van der Waals surface area contributed by atoms with Gasteiger partial charge in [-0.3, -0.25) is 19.3 Å². The molecular weight excluding hydrogens is 352 g/mol. The van der Waals surface area contributed by atoms with Gasteiger partial charge in [-0.05, 0) is 42.7 Å². The van der Waals surface area contributed by atoms with E-state index < -0.39 is 6.04 Å². The van der Waals surface area contributed by atoms with Crippen LogP contribution in [0.5, 0.6) is 0 Å². The van der Waals surface area contributed by atoms with Crippen molar-refractivity contribution in [3.8, 4) is 0 Å². The molecule has 3 rings (SSSR count). The van der Waals surface area contributed by atoms with Crippen molar-refractivity contribution < 1.29 is 14.4 Å². The second kappa shape index (κ2) is 7.90. The summed E-state index contributed by atoms with van der Waals surface area (Å²) in [6, 6.07) is 5.22. The average molecular weight is 383 g/mol. The van der Waals surface area contributed by atoms with Crippen LogP contribution < -0.4 is 5.32 Å². The zero-order valence-electron chi connectivity index (χ0n) is 17.4. The van der Waals surface area contributed by atoms with Gasteiger partial charge in [0.15, 0.2) is 0 Å². The molecule has 1 saturated heterocycles. The van der Waals surface area contributed by atoms with Crippen LogP contribution in [-0.2, 0) is 14.4 Å². The number of amides is 3. The maximum atomic E-state index is 13.1. The molecule has 0 saturated carbocycles. The summed E-state index contributed by atoms with van der Waals surface area (Å²) in [5.74, 6) is -0.903. The normalized spacial score (nSPS) is 22.8. The van der Waals surface area contributed by atoms with Gasteiger partial charge >= 0.3 is 0 Å². The maximum absolute atomic E-state index is 13.1. The van der Waals surface area contributed by atoms with Crippen LogP contribution >= 0.6 is 0 Å². The summed E-state index contributed by atoms with van der Waals surface area (Å²) in [7, 11) is 0. The first-order chi connectivity index (χ1) is 13.2. The fourth-order valence-corrected chi connectivity index (χ4v) is 4.25. The Morgan fingerprint density at radius 3 is 1.82 bits per heavy atom. The largest absolute Gasteiger partial charge is 0.324 e. The van der Waals surface area contributed by atoms with Crippen molar-refractivity contribution in [2.75, 3.05) is 5.32 Å². The lowest BCUT2D eigenvalue weighted by Crippen LogP contribution is -2.46. The number of anilines is 1. The fraction of sp³-hybridized carbons (Fsp3) is 0.522. The first kappa shape index (κ1) is 20.3. The zero-order chi connectivity index (χ0) is 20.6. The molecule has 28 heavy (non-hydrogen) atoms. The van der Waals surface area contributed by atoms with Crippen LogP contribution in [0.2, 0.25) is 0 Å². The number of hydrogen-bond acceptors (Lipinski definition) is 3. The monoisotopic (exact) mass is 382 g/mol. The van der Waals surface area contributed by atoms with E-state index in [4.69, 9.17) is 0 Å². The Morgan fingerprint density at radius 2 is 1.39 bits per heavy atom. The summed E-state index contributed by atoms with van der Waals surface area (Å²) < 4.78 is 0. The van der Waals surface area contributed by atoms with Crippen molar-refractivity contribution >= 4 is 23.4 Å². The molecular formula is C23H30N2O3. The van der Waals surface area contributed by atoms with Crippen LogP contribution in [0.3, 0.4) is 0 Å². The SMILES string of the molecule is CC(C)c1cccc(C(C)C)c1NC(=O)[C@H](C)N1C(=O)[C@H]2CC=CC[C@@H]2C1=O. The van der Waals surface area contributed by atoms with Crippen molar-refractivity contribution in [2.24, 2.45) is 11.8 Å². The Morgan fingerprint density at radius 1 is 0.929 bits per heavy atom. The van der Waals surface area contributed by atoms with Gasteiger partial charge in [0, 0.05) is 5.69 Å².